The molecule has 1 saturated heterocycles. The van der Waals surface area contributed by atoms with Crippen LogP contribution in [0.5, 0.6) is 11.5 Å². The van der Waals surface area contributed by atoms with Crippen molar-refractivity contribution in [1.29, 1.82) is 0 Å². The summed E-state index contributed by atoms with van der Waals surface area (Å²) in [6, 6.07) is 7.87. The first kappa shape index (κ1) is 22.5. The van der Waals surface area contributed by atoms with Crippen LogP contribution in [0, 0.1) is 0 Å². The van der Waals surface area contributed by atoms with E-state index in [0.29, 0.717) is 24.3 Å². The third-order valence-corrected chi connectivity index (χ3v) is 4.97. The van der Waals surface area contributed by atoms with E-state index in [9.17, 15) is 22.8 Å². The van der Waals surface area contributed by atoms with Crippen LogP contribution in [-0.2, 0) is 11.0 Å². The molecule has 3 rings (SSSR count). The minimum absolute atomic E-state index is 0.0872. The number of anilines is 2. The van der Waals surface area contributed by atoms with Gasteiger partial charge in [-0.15, -0.1) is 0 Å². The second-order valence-electron chi connectivity index (χ2n) is 7.18. The van der Waals surface area contributed by atoms with Crippen LogP contribution in [0.2, 0.25) is 0 Å². The summed E-state index contributed by atoms with van der Waals surface area (Å²) < 4.78 is 50.2. The van der Waals surface area contributed by atoms with E-state index in [4.69, 9.17) is 9.47 Å². The topological polar surface area (TPSA) is 67.9 Å². The second-order valence-corrected chi connectivity index (χ2v) is 7.18. The van der Waals surface area contributed by atoms with Crippen LogP contribution in [-0.4, -0.2) is 38.5 Å². The molecule has 2 aromatic carbocycles. The number of nitrogens with zero attached hydrogens (tertiary/aromatic N) is 1. The predicted octanol–water partition coefficient (Wildman–Crippen LogP) is 4.53. The van der Waals surface area contributed by atoms with Crippen molar-refractivity contribution in [3.8, 4) is 11.5 Å². The average Bonchev–Trinajstić information content (AvgIpc) is 3.26. The number of hydrogen-bond donors (Lipinski definition) is 1. The maximum absolute atomic E-state index is 13.2. The molecule has 31 heavy (non-hydrogen) atoms. The highest BCUT2D eigenvalue weighted by Crippen LogP contribution is 2.36. The van der Waals surface area contributed by atoms with Crippen LogP contribution < -0.4 is 19.7 Å². The van der Waals surface area contributed by atoms with Crippen molar-refractivity contribution in [2.45, 2.75) is 25.9 Å². The molecule has 0 atom stereocenters. The Morgan fingerprint density at radius 2 is 1.77 bits per heavy atom. The van der Waals surface area contributed by atoms with E-state index in [-0.39, 0.29) is 23.0 Å². The molecule has 166 valence electrons. The number of ether oxygens (including phenoxy) is 2. The zero-order valence-electron chi connectivity index (χ0n) is 17.2. The number of methoxy groups -OCH3 is 1. The lowest BCUT2D eigenvalue weighted by Crippen LogP contribution is -2.24. The quantitative estimate of drug-likeness (QED) is 0.646. The summed E-state index contributed by atoms with van der Waals surface area (Å²) in [7, 11) is 1.40. The zero-order chi connectivity index (χ0) is 22.6. The van der Waals surface area contributed by atoms with Crippen molar-refractivity contribution < 1.29 is 32.2 Å². The smallest absolute Gasteiger partial charge is 0.416 e. The summed E-state index contributed by atoms with van der Waals surface area (Å²) in [5.41, 5.74) is 0.215. The summed E-state index contributed by atoms with van der Waals surface area (Å²) in [6.45, 7) is 2.40. The molecule has 1 heterocycles. The van der Waals surface area contributed by atoms with Crippen LogP contribution >= 0.6 is 0 Å². The Bertz CT molecular complexity index is 970. The molecule has 9 heteroatoms. The molecular weight excluding hydrogens is 413 g/mol. The number of nitrogens with one attached hydrogen (secondary N) is 1. The first-order chi connectivity index (χ1) is 14.7. The second kappa shape index (κ2) is 9.28. The number of Topliss-reactive ketones (excluding diaryl/α,β-unsaturated/α-hetero) is 1. The molecule has 0 saturated carbocycles. The van der Waals surface area contributed by atoms with Crippen molar-refractivity contribution >= 4 is 23.1 Å². The Hall–Kier alpha value is -3.23. The third kappa shape index (κ3) is 5.48. The lowest BCUT2D eigenvalue weighted by atomic mass is 10.1. The van der Waals surface area contributed by atoms with Gasteiger partial charge in [-0.25, -0.2) is 0 Å². The lowest BCUT2D eigenvalue weighted by Gasteiger charge is -2.23. The molecule has 1 amide bonds. The molecule has 2 aromatic rings. The Morgan fingerprint density at radius 1 is 1.06 bits per heavy atom. The maximum atomic E-state index is 13.2. The lowest BCUT2D eigenvalue weighted by molar-refractivity contribution is -0.137. The standard InChI is InChI=1S/C22H23F3N2O4/c1-14(28)15-5-8-19(20(11-15)30-2)31-13-21(29)26-17-12-16(22(23,24)25)6-7-18(17)27-9-3-4-10-27/h5-8,11-12H,3-4,9-10,13H2,1-2H3,(H,26,29). The Kier molecular flexibility index (Phi) is 6.72. The zero-order valence-corrected chi connectivity index (χ0v) is 17.2. The van der Waals surface area contributed by atoms with E-state index in [1.54, 1.807) is 0 Å². The van der Waals surface area contributed by atoms with Gasteiger partial charge in [0, 0.05) is 18.7 Å². The number of ketones is 1. The maximum Gasteiger partial charge on any atom is 0.416 e. The van der Waals surface area contributed by atoms with Crippen molar-refractivity contribution in [2.75, 3.05) is 37.0 Å². The Labute approximate surface area is 177 Å². The molecule has 1 fully saturated rings. The SMILES string of the molecule is COc1cc(C(C)=O)ccc1OCC(=O)Nc1cc(C(F)(F)F)ccc1N1CCCC1. The summed E-state index contributed by atoms with van der Waals surface area (Å²) in [6.07, 6.45) is -2.65. The van der Waals surface area contributed by atoms with E-state index in [2.05, 4.69) is 5.32 Å². The first-order valence-electron chi connectivity index (χ1n) is 9.77. The van der Waals surface area contributed by atoms with Crippen molar-refractivity contribution in [2.24, 2.45) is 0 Å². The predicted molar refractivity (Wildman–Crippen MR) is 110 cm³/mol. The van der Waals surface area contributed by atoms with Crippen molar-refractivity contribution in [3.63, 3.8) is 0 Å². The summed E-state index contributed by atoms with van der Waals surface area (Å²) in [4.78, 5) is 25.9. The van der Waals surface area contributed by atoms with Crippen LogP contribution in [0.4, 0.5) is 24.5 Å². The molecular formula is C22H23F3N2O4. The number of rotatable bonds is 7. The molecule has 0 bridgehead atoms. The van der Waals surface area contributed by atoms with Gasteiger partial charge in [-0.2, -0.15) is 13.2 Å². The molecule has 0 unspecified atom stereocenters. The van der Waals surface area contributed by atoms with Gasteiger partial charge in [-0.3, -0.25) is 9.59 Å². The fraction of sp³-hybridized carbons (Fsp3) is 0.364. The van der Waals surface area contributed by atoms with E-state index >= 15 is 0 Å². The average molecular weight is 436 g/mol. The van der Waals surface area contributed by atoms with Gasteiger partial charge in [0.25, 0.3) is 5.91 Å². The minimum atomic E-state index is -4.52. The highest BCUT2D eigenvalue weighted by Gasteiger charge is 2.32. The molecule has 0 radical (unpaired) electrons. The normalized spacial score (nSPS) is 13.8. The van der Waals surface area contributed by atoms with Gasteiger partial charge in [0.2, 0.25) is 0 Å². The van der Waals surface area contributed by atoms with Gasteiger partial charge in [0.1, 0.15) is 0 Å². The first-order valence-corrected chi connectivity index (χ1v) is 9.77. The van der Waals surface area contributed by atoms with Gasteiger partial charge in [-0.05, 0) is 56.2 Å². The number of halogens is 3. The van der Waals surface area contributed by atoms with E-state index in [0.717, 1.165) is 25.0 Å². The van der Waals surface area contributed by atoms with Crippen LogP contribution in [0.3, 0.4) is 0 Å². The van der Waals surface area contributed by atoms with Gasteiger partial charge in [-0.1, -0.05) is 0 Å². The van der Waals surface area contributed by atoms with Crippen LogP contribution in [0.25, 0.3) is 0 Å². The van der Waals surface area contributed by atoms with Gasteiger partial charge < -0.3 is 19.7 Å². The van der Waals surface area contributed by atoms with Gasteiger partial charge >= 0.3 is 6.18 Å². The fourth-order valence-electron chi connectivity index (χ4n) is 3.38. The highest BCUT2D eigenvalue weighted by molar-refractivity contribution is 5.96. The number of amides is 1. The molecule has 1 N–H and O–H groups in total. The van der Waals surface area contributed by atoms with E-state index < -0.39 is 24.3 Å². The molecule has 1 aliphatic rings. The molecule has 0 spiro atoms. The van der Waals surface area contributed by atoms with E-state index in [1.807, 2.05) is 4.90 Å². The number of carbonyl (C=O) groups is 2. The monoisotopic (exact) mass is 436 g/mol. The number of alkyl halides is 3. The summed E-state index contributed by atoms with van der Waals surface area (Å²) in [5.74, 6) is -0.247. The van der Waals surface area contributed by atoms with Gasteiger partial charge in [0.15, 0.2) is 23.9 Å². The van der Waals surface area contributed by atoms with Crippen molar-refractivity contribution in [1.82, 2.24) is 0 Å². The Morgan fingerprint density at radius 3 is 2.39 bits per heavy atom. The number of hydrogen-bond acceptors (Lipinski definition) is 5. The van der Waals surface area contributed by atoms with Gasteiger partial charge in [0.05, 0.1) is 24.0 Å². The molecule has 0 aromatic heterocycles. The fourth-order valence-corrected chi connectivity index (χ4v) is 3.38. The highest BCUT2D eigenvalue weighted by atomic mass is 19.4. The molecule has 0 aliphatic carbocycles. The van der Waals surface area contributed by atoms with E-state index in [1.165, 1.54) is 38.3 Å². The van der Waals surface area contributed by atoms with Crippen molar-refractivity contribution in [3.05, 3.63) is 47.5 Å². The van der Waals surface area contributed by atoms with Crippen LogP contribution in [0.15, 0.2) is 36.4 Å². The third-order valence-electron chi connectivity index (χ3n) is 4.97. The summed E-state index contributed by atoms with van der Waals surface area (Å²) >= 11 is 0. The number of benzene rings is 2. The molecule has 6 nitrogen and oxygen atoms in total. The van der Waals surface area contributed by atoms with Crippen LogP contribution in [0.1, 0.15) is 35.7 Å². The minimum Gasteiger partial charge on any atom is -0.493 e. The largest absolute Gasteiger partial charge is 0.493 e. The number of carbonyl (C=O) groups excluding carboxylic acids is 2. The summed E-state index contributed by atoms with van der Waals surface area (Å²) in [5, 5.41) is 2.54. The Balaban J connectivity index is 1.76. The molecule has 1 aliphatic heterocycles.